The van der Waals surface area contributed by atoms with E-state index in [2.05, 4.69) is 31.2 Å². The second kappa shape index (κ2) is 5.89. The Balaban J connectivity index is 2.83. The highest BCUT2D eigenvalue weighted by Gasteiger charge is 2.15. The van der Waals surface area contributed by atoms with E-state index in [0.29, 0.717) is 6.04 Å². The summed E-state index contributed by atoms with van der Waals surface area (Å²) in [6, 6.07) is 0.523. The zero-order valence-electron chi connectivity index (χ0n) is 11.0. The van der Waals surface area contributed by atoms with Crippen LogP contribution in [0.5, 0.6) is 5.88 Å². The largest absolute Gasteiger partial charge is 0.481 e. The van der Waals surface area contributed by atoms with E-state index in [9.17, 15) is 0 Å². The second-order valence-electron chi connectivity index (χ2n) is 4.10. The van der Waals surface area contributed by atoms with Crippen LogP contribution in [0.4, 0.5) is 0 Å². The Morgan fingerprint density at radius 2 is 2.12 bits per heavy atom. The van der Waals surface area contributed by atoms with Crippen molar-refractivity contribution in [3.8, 4) is 5.88 Å². The molecule has 0 aliphatic carbocycles. The Kier molecular flexibility index (Phi) is 4.80. The van der Waals surface area contributed by atoms with Crippen molar-refractivity contribution >= 4 is 0 Å². The maximum atomic E-state index is 5.39. The summed E-state index contributed by atoms with van der Waals surface area (Å²) in [5.41, 5.74) is 2.31. The molecule has 0 radical (unpaired) electrons. The summed E-state index contributed by atoms with van der Waals surface area (Å²) in [6.45, 7) is 7.32. The fourth-order valence-electron chi connectivity index (χ4n) is 1.74. The summed E-state index contributed by atoms with van der Waals surface area (Å²) in [6.07, 6.45) is 2.07. The molecule has 1 aromatic rings. The molecule has 1 aromatic heterocycles. The van der Waals surface area contributed by atoms with Crippen LogP contribution in [-0.2, 0) is 20.0 Å². The highest BCUT2D eigenvalue weighted by Crippen LogP contribution is 2.21. The zero-order valence-corrected chi connectivity index (χ0v) is 11.0. The monoisotopic (exact) mass is 225 g/mol. The highest BCUT2D eigenvalue weighted by atomic mass is 16.5. The molecule has 1 heterocycles. The molecule has 4 nitrogen and oxygen atoms in total. The standard InChI is InChI=1S/C12H23N3O/c1-6-9(3)13-8-10-11(7-2)14-15(4)12(10)16-5/h9,13H,6-8H2,1-5H3. The van der Waals surface area contributed by atoms with Gasteiger partial charge in [0.2, 0.25) is 5.88 Å². The summed E-state index contributed by atoms with van der Waals surface area (Å²) >= 11 is 0. The van der Waals surface area contributed by atoms with Gasteiger partial charge in [0.05, 0.1) is 18.4 Å². The van der Waals surface area contributed by atoms with Crippen LogP contribution in [0, 0.1) is 0 Å². The molecule has 0 saturated heterocycles. The third-order valence-electron chi connectivity index (χ3n) is 2.94. The van der Waals surface area contributed by atoms with Crippen molar-refractivity contribution in [2.24, 2.45) is 7.05 Å². The van der Waals surface area contributed by atoms with Crippen LogP contribution in [0.15, 0.2) is 0 Å². The van der Waals surface area contributed by atoms with Gasteiger partial charge in [0.15, 0.2) is 0 Å². The number of rotatable bonds is 6. The van der Waals surface area contributed by atoms with Crippen molar-refractivity contribution in [1.29, 1.82) is 0 Å². The number of aromatic nitrogens is 2. The van der Waals surface area contributed by atoms with E-state index in [0.717, 1.165) is 31.0 Å². The summed E-state index contributed by atoms with van der Waals surface area (Å²) < 4.78 is 7.20. The lowest BCUT2D eigenvalue weighted by atomic mass is 10.2. The Morgan fingerprint density at radius 3 is 2.62 bits per heavy atom. The molecule has 1 atom stereocenters. The third kappa shape index (κ3) is 2.76. The molecule has 1 N–H and O–H groups in total. The van der Waals surface area contributed by atoms with Crippen LogP contribution in [0.1, 0.15) is 38.4 Å². The van der Waals surface area contributed by atoms with E-state index in [-0.39, 0.29) is 0 Å². The molecule has 1 rings (SSSR count). The first-order valence-electron chi connectivity index (χ1n) is 5.96. The van der Waals surface area contributed by atoms with Gasteiger partial charge in [0, 0.05) is 19.6 Å². The van der Waals surface area contributed by atoms with Crippen molar-refractivity contribution in [3.05, 3.63) is 11.3 Å². The zero-order chi connectivity index (χ0) is 12.1. The van der Waals surface area contributed by atoms with Crippen LogP contribution >= 0.6 is 0 Å². The molecule has 0 aliphatic heterocycles. The van der Waals surface area contributed by atoms with Gasteiger partial charge in [0.1, 0.15) is 0 Å². The van der Waals surface area contributed by atoms with Gasteiger partial charge in [-0.05, 0) is 19.8 Å². The van der Waals surface area contributed by atoms with Crippen molar-refractivity contribution < 1.29 is 4.74 Å². The van der Waals surface area contributed by atoms with Gasteiger partial charge < -0.3 is 10.1 Å². The maximum Gasteiger partial charge on any atom is 0.216 e. The van der Waals surface area contributed by atoms with Crippen molar-refractivity contribution in [2.45, 2.75) is 46.2 Å². The smallest absolute Gasteiger partial charge is 0.216 e. The van der Waals surface area contributed by atoms with Crippen LogP contribution < -0.4 is 10.1 Å². The van der Waals surface area contributed by atoms with Gasteiger partial charge in [-0.15, -0.1) is 0 Å². The van der Waals surface area contributed by atoms with Crippen LogP contribution in [0.25, 0.3) is 0 Å². The minimum Gasteiger partial charge on any atom is -0.481 e. The van der Waals surface area contributed by atoms with Gasteiger partial charge >= 0.3 is 0 Å². The summed E-state index contributed by atoms with van der Waals surface area (Å²) in [5, 5.41) is 7.93. The molecule has 92 valence electrons. The van der Waals surface area contributed by atoms with E-state index in [1.807, 2.05) is 11.7 Å². The molecular weight excluding hydrogens is 202 g/mol. The molecule has 0 aromatic carbocycles. The summed E-state index contributed by atoms with van der Waals surface area (Å²) in [5.74, 6) is 0.868. The van der Waals surface area contributed by atoms with Gasteiger partial charge in [-0.1, -0.05) is 13.8 Å². The SMILES string of the molecule is CCc1nn(C)c(OC)c1CNC(C)CC. The number of hydrogen-bond donors (Lipinski definition) is 1. The lowest BCUT2D eigenvalue weighted by Crippen LogP contribution is -2.25. The van der Waals surface area contributed by atoms with Gasteiger partial charge in [-0.25, -0.2) is 4.68 Å². The minimum atomic E-state index is 0.523. The molecule has 0 saturated carbocycles. The van der Waals surface area contributed by atoms with E-state index in [1.54, 1.807) is 7.11 Å². The molecule has 4 heteroatoms. The lowest BCUT2D eigenvalue weighted by Gasteiger charge is -2.12. The Hall–Kier alpha value is -1.03. The topological polar surface area (TPSA) is 39.1 Å². The molecule has 16 heavy (non-hydrogen) atoms. The van der Waals surface area contributed by atoms with Gasteiger partial charge in [0.25, 0.3) is 0 Å². The molecule has 0 spiro atoms. The quantitative estimate of drug-likeness (QED) is 0.803. The van der Waals surface area contributed by atoms with Gasteiger partial charge in [-0.2, -0.15) is 5.10 Å². The van der Waals surface area contributed by atoms with E-state index < -0.39 is 0 Å². The van der Waals surface area contributed by atoms with Crippen LogP contribution in [-0.4, -0.2) is 22.9 Å². The van der Waals surface area contributed by atoms with E-state index in [4.69, 9.17) is 4.74 Å². The molecule has 0 fully saturated rings. The van der Waals surface area contributed by atoms with Gasteiger partial charge in [-0.3, -0.25) is 0 Å². The predicted octanol–water partition coefficient (Wildman–Crippen LogP) is 1.88. The fraction of sp³-hybridized carbons (Fsp3) is 0.750. The lowest BCUT2D eigenvalue weighted by molar-refractivity contribution is 0.366. The Morgan fingerprint density at radius 1 is 1.44 bits per heavy atom. The first-order valence-corrected chi connectivity index (χ1v) is 5.96. The predicted molar refractivity (Wildman–Crippen MR) is 65.7 cm³/mol. The second-order valence-corrected chi connectivity index (χ2v) is 4.10. The summed E-state index contributed by atoms with van der Waals surface area (Å²) in [7, 11) is 3.62. The first kappa shape index (κ1) is 13.0. The van der Waals surface area contributed by atoms with Crippen LogP contribution in [0.2, 0.25) is 0 Å². The van der Waals surface area contributed by atoms with Crippen LogP contribution in [0.3, 0.4) is 0 Å². The average Bonchev–Trinajstić information content (AvgIpc) is 2.61. The molecule has 0 aliphatic rings. The number of methoxy groups -OCH3 is 1. The van der Waals surface area contributed by atoms with E-state index >= 15 is 0 Å². The molecule has 0 bridgehead atoms. The number of hydrogen-bond acceptors (Lipinski definition) is 3. The fourth-order valence-corrected chi connectivity index (χ4v) is 1.74. The number of nitrogens with one attached hydrogen (secondary N) is 1. The van der Waals surface area contributed by atoms with E-state index in [1.165, 1.54) is 5.56 Å². The average molecular weight is 225 g/mol. The Bertz CT molecular complexity index is 333. The first-order chi connectivity index (χ1) is 7.63. The summed E-state index contributed by atoms with van der Waals surface area (Å²) in [4.78, 5) is 0. The number of aryl methyl sites for hydroxylation is 2. The number of nitrogens with zero attached hydrogens (tertiary/aromatic N) is 2. The Labute approximate surface area is 98.0 Å². The third-order valence-corrected chi connectivity index (χ3v) is 2.94. The number of ether oxygens (including phenoxy) is 1. The molecule has 0 amide bonds. The highest BCUT2D eigenvalue weighted by molar-refractivity contribution is 5.31. The molecule has 1 unspecified atom stereocenters. The van der Waals surface area contributed by atoms with Crippen molar-refractivity contribution in [3.63, 3.8) is 0 Å². The minimum absolute atomic E-state index is 0.523. The van der Waals surface area contributed by atoms with Crippen molar-refractivity contribution in [1.82, 2.24) is 15.1 Å². The molecular formula is C12H23N3O. The normalized spacial score (nSPS) is 12.8. The van der Waals surface area contributed by atoms with Crippen molar-refractivity contribution in [2.75, 3.05) is 7.11 Å². The maximum absolute atomic E-state index is 5.39.